The van der Waals surface area contributed by atoms with Gasteiger partial charge >= 0.3 is 0 Å². The molecule has 5 nitrogen and oxygen atoms in total. The smallest absolute Gasteiger partial charge is 0.255 e. The van der Waals surface area contributed by atoms with E-state index in [-0.39, 0.29) is 5.91 Å². The molecule has 0 fully saturated rings. The van der Waals surface area contributed by atoms with Gasteiger partial charge in [-0.1, -0.05) is 17.7 Å². The van der Waals surface area contributed by atoms with Crippen LogP contribution < -0.4 is 10.6 Å². The van der Waals surface area contributed by atoms with Crippen LogP contribution in [0.3, 0.4) is 0 Å². The summed E-state index contributed by atoms with van der Waals surface area (Å²) in [6, 6.07) is 14.2. The molecule has 2 aromatic carbocycles. The predicted molar refractivity (Wildman–Crippen MR) is 95.9 cm³/mol. The fraction of sp³-hybridized carbons (Fsp3) is 0.0556. The van der Waals surface area contributed by atoms with Crippen LogP contribution in [0.1, 0.15) is 15.9 Å². The lowest BCUT2D eigenvalue weighted by molar-refractivity contribution is 0.102. The van der Waals surface area contributed by atoms with Gasteiger partial charge in [0.2, 0.25) is 5.95 Å². The first-order valence-corrected chi connectivity index (χ1v) is 7.71. The number of carbonyl (C=O) groups excluding carboxylic acids is 1. The van der Waals surface area contributed by atoms with Crippen molar-refractivity contribution in [3.63, 3.8) is 0 Å². The van der Waals surface area contributed by atoms with Gasteiger partial charge in [-0.2, -0.15) is 0 Å². The van der Waals surface area contributed by atoms with Gasteiger partial charge in [-0.15, -0.1) is 0 Å². The van der Waals surface area contributed by atoms with Crippen molar-refractivity contribution in [2.45, 2.75) is 6.92 Å². The van der Waals surface area contributed by atoms with Crippen LogP contribution in [-0.2, 0) is 0 Å². The number of rotatable bonds is 4. The third kappa shape index (κ3) is 3.88. The molecule has 0 aliphatic rings. The minimum Gasteiger partial charge on any atom is -0.324 e. The summed E-state index contributed by atoms with van der Waals surface area (Å²) >= 11 is 5.94. The summed E-state index contributed by atoms with van der Waals surface area (Å²) < 4.78 is 0. The van der Waals surface area contributed by atoms with Gasteiger partial charge in [0.15, 0.2) is 0 Å². The largest absolute Gasteiger partial charge is 0.324 e. The molecule has 0 radical (unpaired) electrons. The number of amides is 1. The van der Waals surface area contributed by atoms with E-state index in [1.807, 2.05) is 19.1 Å². The van der Waals surface area contributed by atoms with Crippen LogP contribution in [0, 0.1) is 6.92 Å². The minimum atomic E-state index is -0.196. The van der Waals surface area contributed by atoms with Crippen molar-refractivity contribution in [3.8, 4) is 0 Å². The molecule has 0 saturated carbocycles. The molecule has 1 heterocycles. The molecule has 24 heavy (non-hydrogen) atoms. The summed E-state index contributed by atoms with van der Waals surface area (Å²) in [5.74, 6) is 0.279. The summed E-state index contributed by atoms with van der Waals surface area (Å²) in [6.45, 7) is 1.90. The van der Waals surface area contributed by atoms with E-state index in [1.54, 1.807) is 48.8 Å². The van der Waals surface area contributed by atoms with Gasteiger partial charge in [0, 0.05) is 34.4 Å². The highest BCUT2D eigenvalue weighted by Crippen LogP contribution is 2.21. The second-order valence-electron chi connectivity index (χ2n) is 5.19. The molecule has 120 valence electrons. The molecule has 0 bridgehead atoms. The van der Waals surface area contributed by atoms with E-state index in [0.717, 1.165) is 16.9 Å². The number of nitrogens with one attached hydrogen (secondary N) is 2. The fourth-order valence-corrected chi connectivity index (χ4v) is 2.42. The minimum absolute atomic E-state index is 0.196. The number of nitrogens with zero attached hydrogens (tertiary/aromatic N) is 2. The Morgan fingerprint density at radius 1 is 1.04 bits per heavy atom. The zero-order chi connectivity index (χ0) is 16.9. The molecule has 0 atom stereocenters. The Bertz CT molecular complexity index is 868. The van der Waals surface area contributed by atoms with E-state index in [0.29, 0.717) is 16.5 Å². The monoisotopic (exact) mass is 338 g/mol. The Labute approximate surface area is 144 Å². The first-order valence-electron chi connectivity index (χ1n) is 7.33. The Morgan fingerprint density at radius 2 is 1.83 bits per heavy atom. The average Bonchev–Trinajstić information content (AvgIpc) is 2.58. The Balaban J connectivity index is 1.77. The van der Waals surface area contributed by atoms with Crippen molar-refractivity contribution in [2.24, 2.45) is 0 Å². The number of aryl methyl sites for hydroxylation is 1. The van der Waals surface area contributed by atoms with Gasteiger partial charge in [0.25, 0.3) is 5.91 Å². The number of carbonyl (C=O) groups is 1. The van der Waals surface area contributed by atoms with E-state index < -0.39 is 0 Å². The van der Waals surface area contributed by atoms with Gasteiger partial charge in [0.05, 0.1) is 0 Å². The van der Waals surface area contributed by atoms with Crippen LogP contribution in [0.2, 0.25) is 5.02 Å². The lowest BCUT2D eigenvalue weighted by atomic mass is 10.1. The van der Waals surface area contributed by atoms with Gasteiger partial charge in [-0.3, -0.25) is 4.79 Å². The molecule has 0 unspecified atom stereocenters. The average molecular weight is 339 g/mol. The summed E-state index contributed by atoms with van der Waals surface area (Å²) in [4.78, 5) is 20.7. The lowest BCUT2D eigenvalue weighted by Crippen LogP contribution is -2.13. The molecule has 0 saturated heterocycles. The normalized spacial score (nSPS) is 10.2. The van der Waals surface area contributed by atoms with Crippen LogP contribution in [-0.4, -0.2) is 15.9 Å². The molecule has 1 amide bonds. The van der Waals surface area contributed by atoms with Gasteiger partial charge in [0.1, 0.15) is 0 Å². The van der Waals surface area contributed by atoms with Crippen molar-refractivity contribution in [3.05, 3.63) is 77.1 Å². The van der Waals surface area contributed by atoms with Crippen LogP contribution in [0.4, 0.5) is 17.3 Å². The van der Waals surface area contributed by atoms with E-state index in [2.05, 4.69) is 20.6 Å². The van der Waals surface area contributed by atoms with Crippen molar-refractivity contribution in [2.75, 3.05) is 10.6 Å². The van der Waals surface area contributed by atoms with Crippen LogP contribution in [0.25, 0.3) is 0 Å². The summed E-state index contributed by atoms with van der Waals surface area (Å²) in [7, 11) is 0. The van der Waals surface area contributed by atoms with Crippen molar-refractivity contribution < 1.29 is 4.79 Å². The number of hydrogen-bond acceptors (Lipinski definition) is 4. The highest BCUT2D eigenvalue weighted by Gasteiger charge is 2.09. The van der Waals surface area contributed by atoms with Gasteiger partial charge in [-0.05, 0) is 55.0 Å². The number of halogens is 1. The van der Waals surface area contributed by atoms with E-state index in [9.17, 15) is 4.79 Å². The number of hydrogen-bond donors (Lipinski definition) is 2. The Morgan fingerprint density at radius 3 is 2.58 bits per heavy atom. The lowest BCUT2D eigenvalue weighted by Gasteiger charge is -2.10. The van der Waals surface area contributed by atoms with Crippen LogP contribution in [0.15, 0.2) is 60.9 Å². The van der Waals surface area contributed by atoms with E-state index >= 15 is 0 Å². The quantitative estimate of drug-likeness (QED) is 0.738. The molecule has 0 spiro atoms. The standard InChI is InChI=1S/C18H15ClN4O/c1-12-10-14(19)6-7-16(12)23-17(24)13-4-2-5-15(11-13)22-18-20-8-3-9-21-18/h2-11H,1H3,(H,23,24)(H,20,21,22). The zero-order valence-corrected chi connectivity index (χ0v) is 13.7. The van der Waals surface area contributed by atoms with Crippen LogP contribution in [0.5, 0.6) is 0 Å². The second kappa shape index (κ2) is 7.10. The molecule has 0 aliphatic carbocycles. The maximum atomic E-state index is 12.5. The third-order valence-corrected chi connectivity index (χ3v) is 3.62. The maximum Gasteiger partial charge on any atom is 0.255 e. The fourth-order valence-electron chi connectivity index (χ4n) is 2.19. The van der Waals surface area contributed by atoms with E-state index in [4.69, 9.17) is 11.6 Å². The maximum absolute atomic E-state index is 12.5. The van der Waals surface area contributed by atoms with Crippen molar-refractivity contribution in [1.82, 2.24) is 9.97 Å². The molecule has 3 aromatic rings. The van der Waals surface area contributed by atoms with Gasteiger partial charge in [-0.25, -0.2) is 9.97 Å². The molecular weight excluding hydrogens is 324 g/mol. The molecule has 2 N–H and O–H groups in total. The second-order valence-corrected chi connectivity index (χ2v) is 5.63. The molecule has 3 rings (SSSR count). The number of anilines is 3. The van der Waals surface area contributed by atoms with Crippen molar-refractivity contribution >= 4 is 34.8 Å². The molecule has 0 aliphatic heterocycles. The predicted octanol–water partition coefficient (Wildman–Crippen LogP) is 4.43. The highest BCUT2D eigenvalue weighted by molar-refractivity contribution is 6.30. The van der Waals surface area contributed by atoms with Gasteiger partial charge < -0.3 is 10.6 Å². The molecular formula is C18H15ClN4O. The summed E-state index contributed by atoms with van der Waals surface area (Å²) in [5.41, 5.74) is 2.91. The third-order valence-electron chi connectivity index (χ3n) is 3.38. The SMILES string of the molecule is Cc1cc(Cl)ccc1NC(=O)c1cccc(Nc2ncccn2)c1. The highest BCUT2D eigenvalue weighted by atomic mass is 35.5. The topological polar surface area (TPSA) is 66.9 Å². The number of benzene rings is 2. The number of aromatic nitrogens is 2. The first kappa shape index (κ1) is 16.0. The van der Waals surface area contributed by atoms with E-state index in [1.165, 1.54) is 0 Å². The summed E-state index contributed by atoms with van der Waals surface area (Å²) in [5, 5.41) is 6.59. The molecule has 1 aromatic heterocycles. The Hall–Kier alpha value is -2.92. The summed E-state index contributed by atoms with van der Waals surface area (Å²) in [6.07, 6.45) is 3.30. The molecule has 6 heteroatoms. The first-order chi connectivity index (χ1) is 11.6. The zero-order valence-electron chi connectivity index (χ0n) is 13.0. The Kier molecular flexibility index (Phi) is 4.72. The van der Waals surface area contributed by atoms with Crippen LogP contribution >= 0.6 is 11.6 Å². The van der Waals surface area contributed by atoms with Crippen molar-refractivity contribution in [1.29, 1.82) is 0 Å².